The summed E-state index contributed by atoms with van der Waals surface area (Å²) in [6.45, 7) is 1.24. The van der Waals surface area contributed by atoms with Crippen molar-refractivity contribution in [1.82, 2.24) is 14.5 Å². The zero-order chi connectivity index (χ0) is 12.3. The lowest BCUT2D eigenvalue weighted by atomic mass is 9.97. The summed E-state index contributed by atoms with van der Waals surface area (Å²) < 4.78 is 26.1. The fourth-order valence-electron chi connectivity index (χ4n) is 2.16. The van der Waals surface area contributed by atoms with Gasteiger partial charge in [0.15, 0.2) is 0 Å². The zero-order valence-electron chi connectivity index (χ0n) is 9.47. The molecule has 1 aromatic heterocycles. The van der Waals surface area contributed by atoms with Gasteiger partial charge in [-0.1, -0.05) is 15.9 Å². The minimum Gasteiger partial charge on any atom is -0.284 e. The first-order chi connectivity index (χ1) is 8.14. The first-order valence-corrected chi connectivity index (χ1v) is 8.25. The Labute approximate surface area is 110 Å². The third-order valence-corrected chi connectivity index (χ3v) is 5.40. The largest absolute Gasteiger partial charge is 0.284 e. The molecule has 1 unspecified atom stereocenters. The van der Waals surface area contributed by atoms with Crippen molar-refractivity contribution < 1.29 is 8.42 Å². The van der Waals surface area contributed by atoms with Gasteiger partial charge in [-0.3, -0.25) is 5.10 Å². The molecule has 2 rings (SSSR count). The Morgan fingerprint density at radius 1 is 1.59 bits per heavy atom. The van der Waals surface area contributed by atoms with E-state index in [0.717, 1.165) is 24.6 Å². The molecular formula is C10H16BrN3O2S. The normalized spacial score (nSPS) is 22.8. The summed E-state index contributed by atoms with van der Waals surface area (Å²) in [5.41, 5.74) is 0. The number of aromatic nitrogens is 2. The quantitative estimate of drug-likeness (QED) is 0.856. The van der Waals surface area contributed by atoms with Crippen molar-refractivity contribution >= 4 is 26.0 Å². The number of hydrogen-bond acceptors (Lipinski definition) is 3. The van der Waals surface area contributed by atoms with Gasteiger partial charge in [0, 0.05) is 24.6 Å². The van der Waals surface area contributed by atoms with Crippen LogP contribution in [0.2, 0.25) is 0 Å². The van der Waals surface area contributed by atoms with E-state index in [-0.39, 0.29) is 4.90 Å². The molecule has 1 aliphatic heterocycles. The predicted molar refractivity (Wildman–Crippen MR) is 68.5 cm³/mol. The minimum atomic E-state index is -3.35. The van der Waals surface area contributed by atoms with Gasteiger partial charge in [0.1, 0.15) is 4.90 Å². The molecule has 0 saturated carbocycles. The van der Waals surface area contributed by atoms with Crippen LogP contribution < -0.4 is 0 Å². The molecule has 1 atom stereocenters. The molecule has 1 aromatic rings. The van der Waals surface area contributed by atoms with Crippen LogP contribution in [0.15, 0.2) is 17.3 Å². The molecule has 2 heterocycles. The number of aromatic amines is 1. The molecule has 0 spiro atoms. The molecule has 96 valence electrons. The van der Waals surface area contributed by atoms with Crippen LogP contribution in [0.3, 0.4) is 0 Å². The summed E-state index contributed by atoms with van der Waals surface area (Å²) in [5, 5.41) is 7.18. The number of rotatable bonds is 4. The molecule has 1 aliphatic rings. The molecule has 1 N–H and O–H groups in total. The highest BCUT2D eigenvalue weighted by atomic mass is 79.9. The van der Waals surface area contributed by atoms with E-state index in [4.69, 9.17) is 0 Å². The fourth-order valence-corrected chi connectivity index (χ4v) is 4.27. The lowest BCUT2D eigenvalue weighted by Gasteiger charge is -2.31. The molecule has 0 radical (unpaired) electrons. The average Bonchev–Trinajstić information content (AvgIpc) is 2.84. The monoisotopic (exact) mass is 321 g/mol. The van der Waals surface area contributed by atoms with Crippen molar-refractivity contribution in [3.05, 3.63) is 12.4 Å². The van der Waals surface area contributed by atoms with Crippen LogP contribution in [-0.2, 0) is 10.0 Å². The van der Waals surface area contributed by atoms with E-state index in [9.17, 15) is 8.42 Å². The van der Waals surface area contributed by atoms with Crippen LogP contribution in [0.25, 0.3) is 0 Å². The molecule has 0 aliphatic carbocycles. The van der Waals surface area contributed by atoms with Crippen molar-refractivity contribution in [2.75, 3.05) is 18.4 Å². The number of alkyl halides is 1. The first kappa shape index (κ1) is 13.0. The van der Waals surface area contributed by atoms with Gasteiger partial charge >= 0.3 is 0 Å². The van der Waals surface area contributed by atoms with Crippen molar-refractivity contribution in [3.63, 3.8) is 0 Å². The maximum atomic E-state index is 12.3. The molecular weight excluding hydrogens is 306 g/mol. The Kier molecular flexibility index (Phi) is 4.22. The first-order valence-electron chi connectivity index (χ1n) is 5.69. The number of hydrogen-bond donors (Lipinski definition) is 1. The van der Waals surface area contributed by atoms with Crippen molar-refractivity contribution in [3.8, 4) is 0 Å². The van der Waals surface area contributed by atoms with Crippen molar-refractivity contribution in [1.29, 1.82) is 0 Å². The lowest BCUT2D eigenvalue weighted by molar-refractivity contribution is 0.263. The Morgan fingerprint density at radius 3 is 3.06 bits per heavy atom. The predicted octanol–water partition coefficient (Wildman–Crippen LogP) is 1.60. The van der Waals surface area contributed by atoms with Crippen LogP contribution in [-0.4, -0.2) is 41.3 Å². The van der Waals surface area contributed by atoms with Gasteiger partial charge < -0.3 is 0 Å². The Hall–Kier alpha value is -0.400. The molecule has 17 heavy (non-hydrogen) atoms. The summed E-state index contributed by atoms with van der Waals surface area (Å²) in [4.78, 5) is 0.261. The maximum Gasteiger partial charge on any atom is 0.246 e. The molecule has 5 nitrogen and oxygen atoms in total. The summed E-state index contributed by atoms with van der Waals surface area (Å²) in [5.74, 6) is 0.463. The lowest BCUT2D eigenvalue weighted by Crippen LogP contribution is -2.39. The molecule has 0 aromatic carbocycles. The Morgan fingerprint density at radius 2 is 2.41 bits per heavy atom. The van der Waals surface area contributed by atoms with Gasteiger partial charge in [-0.15, -0.1) is 0 Å². The second-order valence-corrected chi connectivity index (χ2v) is 7.01. The van der Waals surface area contributed by atoms with Gasteiger partial charge in [0.2, 0.25) is 10.0 Å². The summed E-state index contributed by atoms with van der Waals surface area (Å²) >= 11 is 3.41. The molecule has 1 saturated heterocycles. The van der Waals surface area contributed by atoms with Crippen LogP contribution in [0, 0.1) is 5.92 Å². The summed E-state index contributed by atoms with van der Waals surface area (Å²) in [6, 6.07) is 0. The van der Waals surface area contributed by atoms with E-state index in [0.29, 0.717) is 19.0 Å². The molecule has 0 bridgehead atoms. The van der Waals surface area contributed by atoms with Crippen LogP contribution in [0.1, 0.15) is 19.3 Å². The molecule has 7 heteroatoms. The van der Waals surface area contributed by atoms with Gasteiger partial charge in [0.25, 0.3) is 0 Å². The van der Waals surface area contributed by atoms with E-state index in [1.165, 1.54) is 12.4 Å². The highest BCUT2D eigenvalue weighted by Gasteiger charge is 2.30. The van der Waals surface area contributed by atoms with E-state index in [1.54, 1.807) is 4.31 Å². The number of piperidine rings is 1. The van der Waals surface area contributed by atoms with Crippen LogP contribution in [0.5, 0.6) is 0 Å². The third-order valence-electron chi connectivity index (χ3n) is 3.11. The third kappa shape index (κ3) is 2.89. The standard InChI is InChI=1S/C10H16BrN3O2S/c11-4-3-9-2-1-5-14(8-9)17(15,16)10-6-12-13-7-10/h6-7,9H,1-5,8H2,(H,12,13). The minimum absolute atomic E-state index is 0.261. The van der Waals surface area contributed by atoms with Gasteiger partial charge in [-0.05, 0) is 25.2 Å². The second kappa shape index (κ2) is 5.49. The van der Waals surface area contributed by atoms with E-state index in [1.807, 2.05) is 0 Å². The topological polar surface area (TPSA) is 66.1 Å². The molecule has 1 fully saturated rings. The Bertz CT molecular complexity index is 444. The zero-order valence-corrected chi connectivity index (χ0v) is 11.9. The molecule has 0 amide bonds. The van der Waals surface area contributed by atoms with Gasteiger partial charge in [-0.25, -0.2) is 8.42 Å². The van der Waals surface area contributed by atoms with E-state index in [2.05, 4.69) is 26.1 Å². The van der Waals surface area contributed by atoms with Crippen molar-refractivity contribution in [2.24, 2.45) is 5.92 Å². The fraction of sp³-hybridized carbons (Fsp3) is 0.700. The van der Waals surface area contributed by atoms with Crippen LogP contribution >= 0.6 is 15.9 Å². The average molecular weight is 322 g/mol. The number of nitrogens with one attached hydrogen (secondary N) is 1. The van der Waals surface area contributed by atoms with Gasteiger partial charge in [-0.2, -0.15) is 9.40 Å². The Balaban J connectivity index is 2.12. The maximum absolute atomic E-state index is 12.3. The van der Waals surface area contributed by atoms with Gasteiger partial charge in [0.05, 0.1) is 6.20 Å². The number of halogens is 1. The van der Waals surface area contributed by atoms with Crippen molar-refractivity contribution in [2.45, 2.75) is 24.2 Å². The van der Waals surface area contributed by atoms with E-state index >= 15 is 0 Å². The number of H-pyrrole nitrogens is 1. The smallest absolute Gasteiger partial charge is 0.246 e. The summed E-state index contributed by atoms with van der Waals surface area (Å²) in [6.07, 6.45) is 5.88. The number of sulfonamides is 1. The highest BCUT2D eigenvalue weighted by Crippen LogP contribution is 2.25. The van der Waals surface area contributed by atoms with Crippen LogP contribution in [0.4, 0.5) is 0 Å². The van der Waals surface area contributed by atoms with E-state index < -0.39 is 10.0 Å². The summed E-state index contributed by atoms with van der Waals surface area (Å²) in [7, 11) is -3.35. The second-order valence-electron chi connectivity index (χ2n) is 4.28. The number of nitrogens with zero attached hydrogens (tertiary/aromatic N) is 2. The SMILES string of the molecule is O=S(=O)(c1cn[nH]c1)N1CCCC(CCBr)C1. The highest BCUT2D eigenvalue weighted by molar-refractivity contribution is 9.09.